The quantitative estimate of drug-likeness (QED) is 0.479. The van der Waals surface area contributed by atoms with Crippen molar-refractivity contribution in [2.24, 2.45) is 5.92 Å². The lowest BCUT2D eigenvalue weighted by molar-refractivity contribution is -0.137. The highest BCUT2D eigenvalue weighted by molar-refractivity contribution is 5.80. The first-order chi connectivity index (χ1) is 17.0. The fourth-order valence-electron chi connectivity index (χ4n) is 5.40. The summed E-state index contributed by atoms with van der Waals surface area (Å²) in [6, 6.07) is 16.4. The number of rotatable bonds is 10. The topological polar surface area (TPSA) is 95.9 Å². The van der Waals surface area contributed by atoms with Gasteiger partial charge in [-0.2, -0.15) is 0 Å². The average molecular weight is 479 g/mol. The minimum Gasteiger partial charge on any atom is -0.481 e. The maximum absolute atomic E-state index is 12.9. The van der Waals surface area contributed by atoms with Crippen molar-refractivity contribution in [1.29, 1.82) is 0 Å². The summed E-state index contributed by atoms with van der Waals surface area (Å²) in [5.74, 6) is -0.810. The van der Waals surface area contributed by atoms with Crippen LogP contribution in [0.4, 0.5) is 4.79 Å². The molecular formula is C28H34N2O5. The Morgan fingerprint density at radius 2 is 1.66 bits per heavy atom. The maximum Gasteiger partial charge on any atom is 0.407 e. The molecule has 0 aromatic heterocycles. The number of carboxylic acid groups (broad SMARTS) is 1. The summed E-state index contributed by atoms with van der Waals surface area (Å²) in [6.07, 6.45) is 3.02. The van der Waals surface area contributed by atoms with E-state index >= 15 is 0 Å². The number of alkyl carbamates (subject to hydrolysis) is 1. The van der Waals surface area contributed by atoms with Crippen LogP contribution in [0.3, 0.4) is 0 Å². The van der Waals surface area contributed by atoms with Gasteiger partial charge in [0.25, 0.3) is 0 Å². The van der Waals surface area contributed by atoms with Gasteiger partial charge in [0.05, 0.1) is 0 Å². The number of hydrogen-bond acceptors (Lipinski definition) is 4. The van der Waals surface area contributed by atoms with E-state index in [1.165, 1.54) is 22.3 Å². The Labute approximate surface area is 206 Å². The SMILES string of the molecule is CCN(CCCCC(=O)O)C(=O)[C@@H]1CC[C@H](NC(=O)OCC2c3ccccc3-c3ccccc32)C1. The first kappa shape index (κ1) is 24.8. The number of aliphatic carboxylic acids is 1. The van der Waals surface area contributed by atoms with Crippen molar-refractivity contribution in [1.82, 2.24) is 10.2 Å². The zero-order valence-electron chi connectivity index (χ0n) is 20.2. The van der Waals surface area contributed by atoms with Gasteiger partial charge >= 0.3 is 12.1 Å². The van der Waals surface area contributed by atoms with Crippen molar-refractivity contribution in [2.75, 3.05) is 19.7 Å². The summed E-state index contributed by atoms with van der Waals surface area (Å²) in [5.41, 5.74) is 4.74. The molecule has 0 aliphatic heterocycles. The third-order valence-corrected chi connectivity index (χ3v) is 7.21. The average Bonchev–Trinajstić information content (AvgIpc) is 3.45. The number of carbonyl (C=O) groups is 3. The summed E-state index contributed by atoms with van der Waals surface area (Å²) >= 11 is 0. The number of benzene rings is 2. The van der Waals surface area contributed by atoms with E-state index < -0.39 is 12.1 Å². The van der Waals surface area contributed by atoms with Gasteiger partial charge in [-0.25, -0.2) is 4.79 Å². The number of hydrogen-bond donors (Lipinski definition) is 2. The highest BCUT2D eigenvalue weighted by atomic mass is 16.5. The molecule has 0 unspecified atom stereocenters. The van der Waals surface area contributed by atoms with E-state index in [2.05, 4.69) is 29.6 Å². The molecule has 0 radical (unpaired) electrons. The molecule has 0 spiro atoms. The van der Waals surface area contributed by atoms with Crippen LogP contribution in [0.5, 0.6) is 0 Å². The van der Waals surface area contributed by atoms with Gasteiger partial charge in [0.2, 0.25) is 5.91 Å². The Morgan fingerprint density at radius 3 is 2.29 bits per heavy atom. The third-order valence-electron chi connectivity index (χ3n) is 7.21. The number of nitrogens with zero attached hydrogens (tertiary/aromatic N) is 1. The minimum atomic E-state index is -0.808. The number of carbonyl (C=O) groups excluding carboxylic acids is 2. The van der Waals surface area contributed by atoms with Crippen molar-refractivity contribution >= 4 is 18.0 Å². The monoisotopic (exact) mass is 478 g/mol. The van der Waals surface area contributed by atoms with Gasteiger partial charge in [-0.1, -0.05) is 48.5 Å². The Hall–Kier alpha value is -3.35. The number of ether oxygens (including phenoxy) is 1. The van der Waals surface area contributed by atoms with Crippen LogP contribution in [0.25, 0.3) is 11.1 Å². The molecule has 7 heteroatoms. The van der Waals surface area contributed by atoms with Crippen LogP contribution in [0.15, 0.2) is 48.5 Å². The second kappa shape index (κ2) is 11.4. The summed E-state index contributed by atoms with van der Waals surface area (Å²) < 4.78 is 5.66. The molecule has 2 aliphatic rings. The van der Waals surface area contributed by atoms with Crippen LogP contribution >= 0.6 is 0 Å². The molecule has 0 bridgehead atoms. The van der Waals surface area contributed by atoms with Crippen LogP contribution in [0, 0.1) is 5.92 Å². The first-order valence-corrected chi connectivity index (χ1v) is 12.6. The van der Waals surface area contributed by atoms with Crippen LogP contribution in [-0.4, -0.2) is 53.7 Å². The number of carboxylic acids is 1. The van der Waals surface area contributed by atoms with E-state index in [1.54, 1.807) is 0 Å². The Kier molecular flexibility index (Phi) is 8.06. The van der Waals surface area contributed by atoms with Crippen LogP contribution in [-0.2, 0) is 14.3 Å². The summed E-state index contributed by atoms with van der Waals surface area (Å²) in [7, 11) is 0. The number of fused-ring (bicyclic) bond motifs is 3. The van der Waals surface area contributed by atoms with Crippen molar-refractivity contribution in [3.63, 3.8) is 0 Å². The lowest BCUT2D eigenvalue weighted by Crippen LogP contribution is -2.38. The van der Waals surface area contributed by atoms with Crippen molar-refractivity contribution in [3.05, 3.63) is 59.7 Å². The molecular weight excluding hydrogens is 444 g/mol. The van der Waals surface area contributed by atoms with Crippen LogP contribution in [0.1, 0.15) is 62.5 Å². The minimum absolute atomic E-state index is 0.0188. The van der Waals surface area contributed by atoms with E-state index in [-0.39, 0.29) is 36.8 Å². The lowest BCUT2D eigenvalue weighted by atomic mass is 9.98. The molecule has 1 fully saturated rings. The lowest BCUT2D eigenvalue weighted by Gasteiger charge is -2.24. The molecule has 7 nitrogen and oxygen atoms in total. The normalized spacial score (nSPS) is 18.5. The van der Waals surface area contributed by atoms with E-state index in [4.69, 9.17) is 9.84 Å². The fraction of sp³-hybridized carbons (Fsp3) is 0.464. The third kappa shape index (κ3) is 5.84. The molecule has 2 N–H and O–H groups in total. The molecule has 2 aromatic rings. The molecule has 2 amide bonds. The number of amides is 2. The van der Waals surface area contributed by atoms with E-state index in [9.17, 15) is 14.4 Å². The van der Waals surface area contributed by atoms with Gasteiger partial charge in [-0.3, -0.25) is 9.59 Å². The maximum atomic E-state index is 12.9. The second-order valence-electron chi connectivity index (χ2n) is 9.45. The van der Waals surface area contributed by atoms with Gasteiger partial charge in [0.15, 0.2) is 0 Å². The molecule has 2 aliphatic carbocycles. The van der Waals surface area contributed by atoms with E-state index in [0.29, 0.717) is 32.4 Å². The Morgan fingerprint density at radius 1 is 1.00 bits per heavy atom. The number of nitrogens with one attached hydrogen (secondary N) is 1. The Balaban J connectivity index is 1.25. The van der Waals surface area contributed by atoms with E-state index in [1.807, 2.05) is 36.1 Å². The van der Waals surface area contributed by atoms with Gasteiger partial charge in [0, 0.05) is 37.4 Å². The van der Waals surface area contributed by atoms with Gasteiger partial charge in [-0.05, 0) is 61.3 Å². The molecule has 35 heavy (non-hydrogen) atoms. The second-order valence-corrected chi connectivity index (χ2v) is 9.45. The first-order valence-electron chi connectivity index (χ1n) is 12.6. The smallest absolute Gasteiger partial charge is 0.407 e. The largest absolute Gasteiger partial charge is 0.481 e. The summed E-state index contributed by atoms with van der Waals surface area (Å²) in [4.78, 5) is 38.0. The van der Waals surface area contributed by atoms with Crippen molar-refractivity contribution < 1.29 is 24.2 Å². The predicted octanol–water partition coefficient (Wildman–Crippen LogP) is 4.80. The van der Waals surface area contributed by atoms with E-state index in [0.717, 1.165) is 12.8 Å². The highest BCUT2D eigenvalue weighted by Crippen LogP contribution is 2.44. The standard InChI is InChI=1S/C28H34N2O5/c1-2-30(16-8-7-13-26(31)32)27(33)19-14-15-20(17-19)29-28(34)35-18-25-23-11-5-3-9-21(23)22-10-4-6-12-24(22)25/h3-6,9-12,19-20,25H,2,7-8,13-18H2,1H3,(H,29,34)(H,31,32)/t19-,20+/m1/s1. The molecule has 2 atom stereocenters. The summed E-state index contributed by atoms with van der Waals surface area (Å²) in [5, 5.41) is 11.7. The fourth-order valence-corrected chi connectivity index (χ4v) is 5.40. The van der Waals surface area contributed by atoms with Gasteiger partial charge in [0.1, 0.15) is 6.61 Å². The predicted molar refractivity (Wildman–Crippen MR) is 133 cm³/mol. The summed E-state index contributed by atoms with van der Waals surface area (Å²) in [6.45, 7) is 3.39. The van der Waals surface area contributed by atoms with Crippen LogP contribution in [0.2, 0.25) is 0 Å². The van der Waals surface area contributed by atoms with Crippen molar-refractivity contribution in [2.45, 2.75) is 57.4 Å². The molecule has 0 heterocycles. The molecule has 1 saturated carbocycles. The highest BCUT2D eigenvalue weighted by Gasteiger charge is 2.34. The van der Waals surface area contributed by atoms with Crippen LogP contribution < -0.4 is 5.32 Å². The zero-order valence-corrected chi connectivity index (χ0v) is 20.2. The zero-order chi connectivity index (χ0) is 24.8. The molecule has 4 rings (SSSR count). The Bertz CT molecular complexity index is 1020. The molecule has 186 valence electrons. The van der Waals surface area contributed by atoms with Gasteiger partial charge in [-0.15, -0.1) is 0 Å². The van der Waals surface area contributed by atoms with Gasteiger partial charge < -0.3 is 20.1 Å². The number of unbranched alkanes of at least 4 members (excludes halogenated alkanes) is 1. The van der Waals surface area contributed by atoms with Crippen molar-refractivity contribution in [3.8, 4) is 11.1 Å². The molecule has 0 saturated heterocycles. The molecule has 2 aromatic carbocycles.